The number of nitrogens with zero attached hydrogens (tertiary/aromatic N) is 1. The predicted octanol–water partition coefficient (Wildman–Crippen LogP) is 7.16. The standard InChI is InChI=1S/C23H20N.C5H8O2.Ir/c1-23(2,3)19-12-10-17(11-13-19)22-14-21-18(15-24-22)9-8-16-6-4-5-7-20(16)21;1-4(6)3-5(2)7;/h4-10,12-15H,1-3H3;3,6H,1-2H3;/q-1;;/p+1/b;4-3-;. The number of rotatable bonds is 2. The van der Waals surface area contributed by atoms with Gasteiger partial charge in [0.15, 0.2) is 0 Å². The monoisotopic (exact) mass is 604 g/mol. The Morgan fingerprint density at radius 3 is 2.22 bits per heavy atom. The summed E-state index contributed by atoms with van der Waals surface area (Å²) in [5.41, 5.74) is 3.44. The Balaban J connectivity index is 0.000000398. The fraction of sp³-hybridized carbons (Fsp3) is 0.214. The topological polar surface area (TPSA) is 54.5 Å². The number of aliphatic hydroxyl groups excluding tert-OH is 1. The van der Waals surface area contributed by atoms with Crippen molar-refractivity contribution < 1.29 is 30.0 Å². The number of allylic oxidation sites excluding steroid dienone is 2. The number of ketones is 1. The molecule has 0 saturated heterocycles. The number of carbonyl (C=O) groups excluding carboxylic acids is 1. The van der Waals surface area contributed by atoms with Crippen LogP contribution in [0.5, 0.6) is 0 Å². The van der Waals surface area contributed by atoms with Crippen LogP contribution in [0.15, 0.2) is 78.7 Å². The molecule has 2 N–H and O–H groups in total. The van der Waals surface area contributed by atoms with Gasteiger partial charge >= 0.3 is 5.78 Å². The van der Waals surface area contributed by atoms with E-state index < -0.39 is 0 Å². The second kappa shape index (κ2) is 10.7. The van der Waals surface area contributed by atoms with E-state index in [9.17, 15) is 0 Å². The molecule has 3 aromatic carbocycles. The number of hydrogen-bond acceptors (Lipinski definition) is 2. The molecule has 0 saturated carbocycles. The maximum absolute atomic E-state index is 8.40. The molecule has 32 heavy (non-hydrogen) atoms. The maximum Gasteiger partial charge on any atom is 0.316 e. The summed E-state index contributed by atoms with van der Waals surface area (Å²) in [4.78, 5) is 13.0. The van der Waals surface area contributed by atoms with E-state index in [4.69, 9.17) is 9.90 Å². The summed E-state index contributed by atoms with van der Waals surface area (Å²) in [6.07, 6.45) is 3.24. The van der Waals surface area contributed by atoms with Crippen molar-refractivity contribution in [1.29, 1.82) is 0 Å². The molecule has 0 amide bonds. The number of hydrogen-bond donors (Lipinski definition) is 1. The molecule has 0 spiro atoms. The molecule has 3 nitrogen and oxygen atoms in total. The summed E-state index contributed by atoms with van der Waals surface area (Å²) >= 11 is 0. The molecule has 0 aliphatic rings. The average Bonchev–Trinajstić information content (AvgIpc) is 2.72. The van der Waals surface area contributed by atoms with Gasteiger partial charge in [-0.2, -0.15) is 0 Å². The normalized spacial score (nSPS) is 11.5. The van der Waals surface area contributed by atoms with E-state index in [1.165, 1.54) is 47.0 Å². The largest absolute Gasteiger partial charge is 0.512 e. The Morgan fingerprint density at radius 1 is 0.969 bits per heavy atom. The van der Waals surface area contributed by atoms with Crippen LogP contribution in [0.4, 0.5) is 0 Å². The van der Waals surface area contributed by atoms with Gasteiger partial charge in [0.1, 0.15) is 0 Å². The van der Waals surface area contributed by atoms with Crippen LogP contribution in [0.1, 0.15) is 40.2 Å². The van der Waals surface area contributed by atoms with Crippen LogP contribution in [-0.2, 0) is 25.5 Å². The molecule has 4 heteroatoms. The molecule has 0 atom stereocenters. The van der Waals surface area contributed by atoms with Crippen molar-refractivity contribution in [2.24, 2.45) is 0 Å². The molecular formula is C28H29IrNO2. The van der Waals surface area contributed by atoms with Crippen LogP contribution < -0.4 is 0 Å². The second-order valence-corrected chi connectivity index (χ2v) is 8.75. The summed E-state index contributed by atoms with van der Waals surface area (Å²) in [6, 6.07) is 24.8. The molecule has 0 bridgehead atoms. The minimum Gasteiger partial charge on any atom is -0.512 e. The van der Waals surface area contributed by atoms with Gasteiger partial charge in [-0.25, -0.2) is 0 Å². The molecule has 0 fully saturated rings. The van der Waals surface area contributed by atoms with Crippen molar-refractivity contribution in [2.75, 3.05) is 0 Å². The predicted molar refractivity (Wildman–Crippen MR) is 131 cm³/mol. The Kier molecular flexibility index (Phi) is 8.49. The average molecular weight is 604 g/mol. The third-order valence-corrected chi connectivity index (χ3v) is 5.00. The van der Waals surface area contributed by atoms with Crippen LogP contribution >= 0.6 is 0 Å². The van der Waals surface area contributed by atoms with E-state index in [0.29, 0.717) is 0 Å². The number of benzene rings is 3. The summed E-state index contributed by atoms with van der Waals surface area (Å²) in [5, 5.41) is 13.3. The van der Waals surface area contributed by atoms with Crippen molar-refractivity contribution in [3.05, 3.63) is 90.3 Å². The fourth-order valence-electron chi connectivity index (χ4n) is 3.40. The summed E-state index contributed by atoms with van der Waals surface area (Å²) in [5.74, 6) is 0.250. The zero-order chi connectivity index (χ0) is 22.6. The quantitative estimate of drug-likeness (QED) is 0.0869. The van der Waals surface area contributed by atoms with Crippen molar-refractivity contribution in [1.82, 2.24) is 4.98 Å². The molecule has 4 rings (SSSR count). The summed E-state index contributed by atoms with van der Waals surface area (Å²) in [6.45, 7) is 9.65. The van der Waals surface area contributed by atoms with E-state index in [0.717, 1.165) is 11.3 Å². The molecule has 1 aromatic heterocycles. The zero-order valence-electron chi connectivity index (χ0n) is 19.1. The van der Waals surface area contributed by atoms with Gasteiger partial charge in [-0.05, 0) is 39.6 Å². The number of pyridine rings is 1. The number of fused-ring (bicyclic) bond motifs is 3. The van der Waals surface area contributed by atoms with Gasteiger partial charge in [-0.3, -0.25) is 4.79 Å². The summed E-state index contributed by atoms with van der Waals surface area (Å²) < 4.78 is 0. The van der Waals surface area contributed by atoms with Crippen LogP contribution in [0, 0.1) is 6.07 Å². The zero-order valence-corrected chi connectivity index (χ0v) is 21.5. The molecule has 167 valence electrons. The second-order valence-electron chi connectivity index (χ2n) is 8.75. The van der Waals surface area contributed by atoms with E-state index in [2.05, 4.69) is 92.5 Å². The van der Waals surface area contributed by atoms with Crippen molar-refractivity contribution >= 4 is 27.3 Å². The molecule has 0 unspecified atom stereocenters. The Bertz CT molecular complexity index is 1250. The van der Waals surface area contributed by atoms with Gasteiger partial charge in [0, 0.05) is 26.3 Å². The molecule has 1 radical (unpaired) electrons. The van der Waals surface area contributed by atoms with Gasteiger partial charge in [-0.15, -0.1) is 35.4 Å². The van der Waals surface area contributed by atoms with Crippen LogP contribution in [0.3, 0.4) is 0 Å². The third-order valence-electron chi connectivity index (χ3n) is 5.00. The molecule has 0 aliphatic carbocycles. The third kappa shape index (κ3) is 6.35. The van der Waals surface area contributed by atoms with Crippen LogP contribution in [-0.4, -0.2) is 20.7 Å². The van der Waals surface area contributed by atoms with Crippen molar-refractivity contribution in [2.45, 2.75) is 40.0 Å². The Labute approximate surface area is 203 Å². The van der Waals surface area contributed by atoms with Gasteiger partial charge in [0.05, 0.1) is 18.8 Å². The first kappa shape index (κ1) is 25.4. The van der Waals surface area contributed by atoms with Gasteiger partial charge in [-0.1, -0.05) is 63.2 Å². The van der Waals surface area contributed by atoms with E-state index in [1.54, 1.807) is 0 Å². The maximum atomic E-state index is 8.40. The van der Waals surface area contributed by atoms with Gasteiger partial charge in [0.2, 0.25) is 0 Å². The van der Waals surface area contributed by atoms with Gasteiger partial charge in [0.25, 0.3) is 0 Å². The molecular weight excluding hydrogens is 575 g/mol. The van der Waals surface area contributed by atoms with E-state index >= 15 is 0 Å². The van der Waals surface area contributed by atoms with Crippen LogP contribution in [0.25, 0.3) is 32.8 Å². The van der Waals surface area contributed by atoms with E-state index in [-0.39, 0.29) is 37.1 Å². The first-order valence-corrected chi connectivity index (χ1v) is 10.3. The minimum atomic E-state index is 0. The van der Waals surface area contributed by atoms with E-state index in [1.807, 2.05) is 6.20 Å². The molecule has 1 heterocycles. The molecule has 4 aromatic rings. The van der Waals surface area contributed by atoms with Crippen LogP contribution in [0.2, 0.25) is 0 Å². The first-order chi connectivity index (χ1) is 14.6. The first-order valence-electron chi connectivity index (χ1n) is 10.3. The van der Waals surface area contributed by atoms with Crippen molar-refractivity contribution in [3.63, 3.8) is 0 Å². The fourth-order valence-corrected chi connectivity index (χ4v) is 3.40. The Hall–Kier alpha value is -2.81. The number of aromatic nitrogens is 1. The summed E-state index contributed by atoms with van der Waals surface area (Å²) in [7, 11) is 0. The smallest absolute Gasteiger partial charge is 0.316 e. The number of aliphatic hydroxyl groups is 1. The Morgan fingerprint density at radius 2 is 1.66 bits per heavy atom. The van der Waals surface area contributed by atoms with Gasteiger partial charge < -0.3 is 10.1 Å². The molecule has 0 aliphatic heterocycles. The minimum absolute atomic E-state index is 0. The van der Waals surface area contributed by atoms with Crippen molar-refractivity contribution in [3.8, 4) is 11.3 Å². The SMILES string of the molecule is CC(=[OH+])/C=C(/C)O.CC(C)(C)c1c[c-]c(-c2cc3c(ccc4ccccc43)cn2)cc1.[Ir].